The molecule has 0 amide bonds. The number of hydrogen-bond acceptors (Lipinski definition) is 4. The topological polar surface area (TPSA) is 52.6 Å². The lowest BCUT2D eigenvalue weighted by Crippen LogP contribution is -2.18. The highest BCUT2D eigenvalue weighted by atomic mass is 16.5. The van der Waals surface area contributed by atoms with Crippen molar-refractivity contribution in [3.8, 4) is 0 Å². The minimum absolute atomic E-state index is 0.134. The summed E-state index contributed by atoms with van der Waals surface area (Å²) in [6, 6.07) is 5.41. The first-order valence-corrected chi connectivity index (χ1v) is 12.5. The Morgan fingerprint density at radius 3 is 1.62 bits per heavy atom. The van der Waals surface area contributed by atoms with Crippen LogP contribution in [0.2, 0.25) is 0 Å². The van der Waals surface area contributed by atoms with Crippen LogP contribution in [0.15, 0.2) is 18.2 Å². The minimum Gasteiger partial charge on any atom is -0.462 e. The maximum Gasteiger partial charge on any atom is 0.339 e. The summed E-state index contributed by atoms with van der Waals surface area (Å²) < 4.78 is 11.0. The van der Waals surface area contributed by atoms with E-state index in [4.69, 9.17) is 9.47 Å². The van der Waals surface area contributed by atoms with Crippen LogP contribution >= 0.6 is 0 Å². The van der Waals surface area contributed by atoms with Gasteiger partial charge in [0.1, 0.15) is 0 Å². The summed E-state index contributed by atoms with van der Waals surface area (Å²) in [5, 5.41) is 0. The Morgan fingerprint density at radius 1 is 0.719 bits per heavy atom. The van der Waals surface area contributed by atoms with Gasteiger partial charge in [0.05, 0.1) is 24.3 Å². The Bertz CT molecular complexity index is 698. The second-order valence-electron chi connectivity index (χ2n) is 10.8. The van der Waals surface area contributed by atoms with Gasteiger partial charge in [0.2, 0.25) is 0 Å². The summed E-state index contributed by atoms with van der Waals surface area (Å²) in [6.07, 6.45) is 8.43. The molecule has 1 aromatic carbocycles. The summed E-state index contributed by atoms with van der Waals surface area (Å²) in [5.41, 5.74) is 1.46. The van der Waals surface area contributed by atoms with Gasteiger partial charge in [-0.1, -0.05) is 93.1 Å². The first-order chi connectivity index (χ1) is 15.0. The molecule has 0 radical (unpaired) electrons. The van der Waals surface area contributed by atoms with Gasteiger partial charge in [-0.2, -0.15) is 0 Å². The molecule has 0 N–H and O–H groups in total. The van der Waals surface area contributed by atoms with E-state index in [0.717, 1.165) is 44.1 Å². The second-order valence-corrected chi connectivity index (χ2v) is 10.8. The maximum absolute atomic E-state index is 12.8. The van der Waals surface area contributed by atoms with E-state index in [1.165, 1.54) is 12.8 Å². The first kappa shape index (κ1) is 28.2. The third kappa shape index (κ3) is 11.2. The standard InChI is InChI=1S/C28H46O4/c1-21(2)14-10-8-12-18-31-26(29)24-17-16-23(28(5,6)7)20-25(24)27(30)32-19-13-9-11-15-22(3)4/h16-17,20-22H,8-15,18-19H2,1-7H3. The van der Waals surface area contributed by atoms with Crippen molar-refractivity contribution >= 4 is 11.9 Å². The zero-order valence-corrected chi connectivity index (χ0v) is 21.6. The van der Waals surface area contributed by atoms with Gasteiger partial charge in [-0.05, 0) is 47.8 Å². The van der Waals surface area contributed by atoms with Gasteiger partial charge in [0.25, 0.3) is 0 Å². The normalized spacial score (nSPS) is 11.8. The van der Waals surface area contributed by atoms with Crippen LogP contribution in [-0.4, -0.2) is 25.2 Å². The van der Waals surface area contributed by atoms with Gasteiger partial charge in [0, 0.05) is 0 Å². The molecule has 0 unspecified atom stereocenters. The molecule has 4 heteroatoms. The largest absolute Gasteiger partial charge is 0.462 e. The number of rotatable bonds is 14. The summed E-state index contributed by atoms with van der Waals surface area (Å²) in [6.45, 7) is 15.9. The molecule has 0 bridgehead atoms. The van der Waals surface area contributed by atoms with Crippen molar-refractivity contribution in [2.24, 2.45) is 11.8 Å². The molecule has 0 saturated heterocycles. The lowest BCUT2D eigenvalue weighted by atomic mass is 9.85. The third-order valence-corrected chi connectivity index (χ3v) is 5.64. The lowest BCUT2D eigenvalue weighted by Gasteiger charge is -2.21. The minimum atomic E-state index is -0.446. The predicted molar refractivity (Wildman–Crippen MR) is 132 cm³/mol. The molecule has 0 saturated carbocycles. The molecule has 1 aromatic rings. The highest BCUT2D eigenvalue weighted by Crippen LogP contribution is 2.26. The second kappa shape index (κ2) is 14.3. The predicted octanol–water partition coefficient (Wildman–Crippen LogP) is 7.73. The highest BCUT2D eigenvalue weighted by Gasteiger charge is 2.23. The molecule has 0 aliphatic heterocycles. The van der Waals surface area contributed by atoms with Crippen molar-refractivity contribution in [1.29, 1.82) is 0 Å². The number of carbonyl (C=O) groups excluding carboxylic acids is 2. The number of esters is 2. The van der Waals surface area contributed by atoms with Crippen LogP contribution in [0.5, 0.6) is 0 Å². The quantitative estimate of drug-likeness (QED) is 0.217. The number of unbranched alkanes of at least 4 members (excludes halogenated alkanes) is 4. The molecule has 0 aliphatic rings. The number of hydrogen-bond donors (Lipinski definition) is 0. The van der Waals surface area contributed by atoms with Gasteiger partial charge in [0.15, 0.2) is 0 Å². The van der Waals surface area contributed by atoms with Gasteiger partial charge in [-0.25, -0.2) is 9.59 Å². The van der Waals surface area contributed by atoms with Crippen LogP contribution in [0, 0.1) is 11.8 Å². The lowest BCUT2D eigenvalue weighted by molar-refractivity contribution is 0.0450. The fourth-order valence-corrected chi connectivity index (χ4v) is 3.51. The summed E-state index contributed by atoms with van der Waals surface area (Å²) in [7, 11) is 0. The van der Waals surface area contributed by atoms with Crippen molar-refractivity contribution in [3.63, 3.8) is 0 Å². The molecule has 0 aromatic heterocycles. The van der Waals surface area contributed by atoms with E-state index >= 15 is 0 Å². The van der Waals surface area contributed by atoms with Gasteiger partial charge >= 0.3 is 11.9 Å². The maximum atomic E-state index is 12.8. The van der Waals surface area contributed by atoms with Crippen molar-refractivity contribution in [1.82, 2.24) is 0 Å². The van der Waals surface area contributed by atoms with Crippen molar-refractivity contribution < 1.29 is 19.1 Å². The average molecular weight is 447 g/mol. The van der Waals surface area contributed by atoms with E-state index in [2.05, 4.69) is 48.5 Å². The van der Waals surface area contributed by atoms with E-state index < -0.39 is 11.9 Å². The molecule has 0 fully saturated rings. The molecule has 0 aliphatic carbocycles. The molecule has 182 valence electrons. The van der Waals surface area contributed by atoms with Gasteiger partial charge < -0.3 is 9.47 Å². The smallest absolute Gasteiger partial charge is 0.339 e. The summed E-state index contributed by atoms with van der Waals surface area (Å²) >= 11 is 0. The van der Waals surface area contributed by atoms with Crippen LogP contribution in [0.3, 0.4) is 0 Å². The fraction of sp³-hybridized carbons (Fsp3) is 0.714. The number of ether oxygens (including phenoxy) is 2. The van der Waals surface area contributed by atoms with Crippen LogP contribution in [0.25, 0.3) is 0 Å². The van der Waals surface area contributed by atoms with Crippen molar-refractivity contribution in [3.05, 3.63) is 34.9 Å². The Hall–Kier alpha value is -1.84. The Morgan fingerprint density at radius 2 is 1.19 bits per heavy atom. The Balaban J connectivity index is 2.73. The van der Waals surface area contributed by atoms with Crippen LogP contribution in [-0.2, 0) is 14.9 Å². The first-order valence-electron chi connectivity index (χ1n) is 12.5. The summed E-state index contributed by atoms with van der Waals surface area (Å²) in [5.74, 6) is 0.506. The van der Waals surface area contributed by atoms with Gasteiger partial charge in [-0.3, -0.25) is 0 Å². The number of benzene rings is 1. The molecular formula is C28H46O4. The molecule has 4 nitrogen and oxygen atoms in total. The zero-order valence-electron chi connectivity index (χ0n) is 21.6. The van der Waals surface area contributed by atoms with E-state index in [1.54, 1.807) is 12.1 Å². The Kier molecular flexibility index (Phi) is 12.6. The Labute approximate surface area is 196 Å². The van der Waals surface area contributed by atoms with Crippen molar-refractivity contribution in [2.75, 3.05) is 13.2 Å². The van der Waals surface area contributed by atoms with E-state index in [-0.39, 0.29) is 5.41 Å². The van der Waals surface area contributed by atoms with E-state index in [9.17, 15) is 9.59 Å². The van der Waals surface area contributed by atoms with Crippen LogP contribution < -0.4 is 0 Å². The molecule has 0 spiro atoms. The molecule has 1 rings (SSSR count). The molecule has 32 heavy (non-hydrogen) atoms. The van der Waals surface area contributed by atoms with Crippen molar-refractivity contribution in [2.45, 2.75) is 105 Å². The monoisotopic (exact) mass is 446 g/mol. The number of carbonyl (C=O) groups is 2. The van der Waals surface area contributed by atoms with Gasteiger partial charge in [-0.15, -0.1) is 0 Å². The molecule has 0 atom stereocenters. The van der Waals surface area contributed by atoms with Crippen LogP contribution in [0.1, 0.15) is 126 Å². The fourth-order valence-electron chi connectivity index (χ4n) is 3.51. The van der Waals surface area contributed by atoms with E-state index in [1.807, 2.05) is 6.07 Å². The highest BCUT2D eigenvalue weighted by molar-refractivity contribution is 6.03. The molecule has 0 heterocycles. The molecular weight excluding hydrogens is 400 g/mol. The zero-order chi connectivity index (χ0) is 24.1. The average Bonchev–Trinajstić information content (AvgIpc) is 2.71. The third-order valence-electron chi connectivity index (χ3n) is 5.64. The van der Waals surface area contributed by atoms with Crippen LogP contribution in [0.4, 0.5) is 0 Å². The summed E-state index contributed by atoms with van der Waals surface area (Å²) in [4.78, 5) is 25.6. The SMILES string of the molecule is CC(C)CCCCCOC(=O)c1ccc(C(C)(C)C)cc1C(=O)OCCCCCC(C)C. The van der Waals surface area contributed by atoms with E-state index in [0.29, 0.717) is 36.2 Å².